The zero-order valence-electron chi connectivity index (χ0n) is 18.9. The Bertz CT molecular complexity index is 1300. The molecule has 36 heavy (non-hydrogen) atoms. The van der Waals surface area contributed by atoms with E-state index in [-0.39, 0.29) is 10.6 Å². The quantitative estimate of drug-likeness (QED) is 0.0689. The van der Waals surface area contributed by atoms with Crippen LogP contribution in [0.15, 0.2) is 59.3 Å². The molecule has 0 saturated carbocycles. The summed E-state index contributed by atoms with van der Waals surface area (Å²) in [7, 11) is 0. The van der Waals surface area contributed by atoms with Crippen LogP contribution in [0.3, 0.4) is 0 Å². The van der Waals surface area contributed by atoms with Gasteiger partial charge in [0.15, 0.2) is 11.0 Å². The lowest BCUT2D eigenvalue weighted by Crippen LogP contribution is -2.27. The minimum Gasteiger partial charge on any atom is -0.502 e. The van der Waals surface area contributed by atoms with Gasteiger partial charge in [-0.3, -0.25) is 14.9 Å². The van der Waals surface area contributed by atoms with Gasteiger partial charge < -0.3 is 15.0 Å². The van der Waals surface area contributed by atoms with Crippen molar-refractivity contribution >= 4 is 69.5 Å². The van der Waals surface area contributed by atoms with Crippen molar-refractivity contribution in [1.29, 1.82) is 0 Å². The number of nitro benzene ring substituents is 1. The number of aromatic hydroxyl groups is 1. The van der Waals surface area contributed by atoms with Crippen molar-refractivity contribution in [2.75, 3.05) is 5.32 Å². The number of nitrogens with zero attached hydrogens (tertiary/aromatic N) is 5. The molecule has 0 aliphatic carbocycles. The Morgan fingerprint density at radius 2 is 2.11 bits per heavy atom. The second kappa shape index (κ2) is 12.7. The van der Waals surface area contributed by atoms with Gasteiger partial charge in [0, 0.05) is 32.5 Å². The first-order valence-electron chi connectivity index (χ1n) is 10.4. The highest BCUT2D eigenvalue weighted by Gasteiger charge is 2.20. The van der Waals surface area contributed by atoms with Gasteiger partial charge in [-0.25, -0.2) is 5.43 Å². The molecule has 1 heterocycles. The average Bonchev–Trinajstić information content (AvgIpc) is 3.21. The van der Waals surface area contributed by atoms with Crippen LogP contribution in [0.1, 0.15) is 18.3 Å². The van der Waals surface area contributed by atoms with Gasteiger partial charge in [-0.15, -0.1) is 16.8 Å². The van der Waals surface area contributed by atoms with Crippen molar-refractivity contribution in [3.05, 3.63) is 79.1 Å². The fourth-order valence-corrected chi connectivity index (χ4v) is 4.36. The standard InChI is InChI=1S/C22H21ClIN7O4S/c1-3-8-30-19(12-25-17-6-4-16(24)5-7-17)27-29-22(30)36-13(2)21(33)28-26-11-14-9-15(23)10-18(20(14)32)31(34)35/h3-7,9-11,13,25,32H,1,8,12H2,2H3,(H,28,33)/b26-11+. The van der Waals surface area contributed by atoms with Gasteiger partial charge >= 0.3 is 5.69 Å². The van der Waals surface area contributed by atoms with E-state index in [9.17, 15) is 20.0 Å². The van der Waals surface area contributed by atoms with Crippen molar-refractivity contribution < 1.29 is 14.8 Å². The SMILES string of the molecule is C=CCn1c(CNc2ccc(I)cc2)nnc1SC(C)C(=O)N/N=C/c1cc(Cl)cc([N+](=O)[O-])c1O. The number of thioether (sulfide) groups is 1. The van der Waals surface area contributed by atoms with Crippen molar-refractivity contribution in [3.8, 4) is 5.75 Å². The summed E-state index contributed by atoms with van der Waals surface area (Å²) in [5.41, 5.74) is 2.72. The van der Waals surface area contributed by atoms with Crippen LogP contribution in [-0.4, -0.2) is 42.2 Å². The van der Waals surface area contributed by atoms with E-state index in [4.69, 9.17) is 11.6 Å². The van der Waals surface area contributed by atoms with E-state index < -0.39 is 27.5 Å². The van der Waals surface area contributed by atoms with Crippen LogP contribution in [0, 0.1) is 13.7 Å². The summed E-state index contributed by atoms with van der Waals surface area (Å²) in [5.74, 6) is -0.368. The topological polar surface area (TPSA) is 148 Å². The number of aromatic nitrogens is 3. The van der Waals surface area contributed by atoms with Crippen molar-refractivity contribution in [1.82, 2.24) is 20.2 Å². The summed E-state index contributed by atoms with van der Waals surface area (Å²) in [4.78, 5) is 22.8. The first kappa shape index (κ1) is 27.4. The van der Waals surface area contributed by atoms with Gasteiger partial charge in [0.25, 0.3) is 5.91 Å². The number of amides is 1. The number of allylic oxidation sites excluding steroid dienone is 1. The van der Waals surface area contributed by atoms with Crippen LogP contribution in [0.2, 0.25) is 5.02 Å². The molecular weight excluding hydrogens is 621 g/mol. The molecule has 1 unspecified atom stereocenters. The van der Waals surface area contributed by atoms with Gasteiger partial charge in [0.2, 0.25) is 5.75 Å². The summed E-state index contributed by atoms with van der Waals surface area (Å²) in [6.07, 6.45) is 2.80. The average molecular weight is 642 g/mol. The Labute approximate surface area is 229 Å². The molecule has 3 N–H and O–H groups in total. The molecule has 0 aliphatic heterocycles. The van der Waals surface area contributed by atoms with Crippen LogP contribution < -0.4 is 10.7 Å². The van der Waals surface area contributed by atoms with E-state index in [1.165, 1.54) is 17.8 Å². The molecule has 0 radical (unpaired) electrons. The Hall–Kier alpha value is -3.17. The highest BCUT2D eigenvalue weighted by molar-refractivity contribution is 14.1. The normalized spacial score (nSPS) is 11.9. The third-order valence-electron chi connectivity index (χ3n) is 4.71. The number of carbonyl (C=O) groups is 1. The maximum Gasteiger partial charge on any atom is 0.312 e. The Morgan fingerprint density at radius 3 is 2.78 bits per heavy atom. The van der Waals surface area contributed by atoms with Crippen LogP contribution in [-0.2, 0) is 17.9 Å². The van der Waals surface area contributed by atoms with Gasteiger partial charge in [-0.05, 0) is 59.8 Å². The second-order valence-electron chi connectivity index (χ2n) is 7.27. The molecule has 3 aromatic rings. The smallest absolute Gasteiger partial charge is 0.312 e. The number of anilines is 1. The molecule has 3 rings (SSSR count). The summed E-state index contributed by atoms with van der Waals surface area (Å²) < 4.78 is 2.99. The molecule has 0 aliphatic rings. The summed E-state index contributed by atoms with van der Waals surface area (Å²) in [6, 6.07) is 10.3. The molecular formula is C22H21ClIN7O4S. The third-order valence-corrected chi connectivity index (χ3v) is 6.73. The van der Waals surface area contributed by atoms with E-state index in [0.29, 0.717) is 24.1 Å². The highest BCUT2D eigenvalue weighted by Crippen LogP contribution is 2.32. The zero-order chi connectivity index (χ0) is 26.2. The van der Waals surface area contributed by atoms with Crippen LogP contribution in [0.5, 0.6) is 5.75 Å². The number of hydrogen-bond donors (Lipinski definition) is 3. The molecule has 1 amide bonds. The Balaban J connectivity index is 1.64. The molecule has 1 aromatic heterocycles. The first-order chi connectivity index (χ1) is 17.2. The Morgan fingerprint density at radius 1 is 1.39 bits per heavy atom. The van der Waals surface area contributed by atoms with Crippen molar-refractivity contribution in [3.63, 3.8) is 0 Å². The van der Waals surface area contributed by atoms with E-state index >= 15 is 0 Å². The maximum atomic E-state index is 12.5. The molecule has 11 nitrogen and oxygen atoms in total. The molecule has 0 fully saturated rings. The molecule has 0 saturated heterocycles. The van der Waals surface area contributed by atoms with Gasteiger partial charge in [-0.2, -0.15) is 5.10 Å². The highest BCUT2D eigenvalue weighted by atomic mass is 127. The summed E-state index contributed by atoms with van der Waals surface area (Å²) in [6.45, 7) is 6.35. The molecule has 188 valence electrons. The van der Waals surface area contributed by atoms with E-state index in [1.54, 1.807) is 13.0 Å². The van der Waals surface area contributed by atoms with Crippen LogP contribution in [0.4, 0.5) is 11.4 Å². The second-order valence-corrected chi connectivity index (χ2v) is 10.3. The van der Waals surface area contributed by atoms with E-state index in [2.05, 4.69) is 55.2 Å². The minimum atomic E-state index is -0.764. The number of hydrazone groups is 1. The Kier molecular flexibility index (Phi) is 9.66. The first-order valence-corrected chi connectivity index (χ1v) is 12.7. The van der Waals surface area contributed by atoms with Crippen molar-refractivity contribution in [2.45, 2.75) is 30.4 Å². The number of hydrogen-bond acceptors (Lipinski definition) is 9. The van der Waals surface area contributed by atoms with E-state index in [1.807, 2.05) is 28.8 Å². The van der Waals surface area contributed by atoms with E-state index in [0.717, 1.165) is 21.5 Å². The van der Waals surface area contributed by atoms with Gasteiger partial charge in [-0.1, -0.05) is 29.4 Å². The predicted octanol–water partition coefficient (Wildman–Crippen LogP) is 4.58. The molecule has 0 bridgehead atoms. The monoisotopic (exact) mass is 641 g/mol. The molecule has 2 aromatic carbocycles. The molecule has 14 heteroatoms. The maximum absolute atomic E-state index is 12.5. The lowest BCUT2D eigenvalue weighted by Gasteiger charge is -2.12. The third kappa shape index (κ3) is 7.18. The number of carbonyl (C=O) groups excluding carboxylic acids is 1. The van der Waals surface area contributed by atoms with Crippen LogP contribution in [0.25, 0.3) is 0 Å². The fraction of sp³-hybridized carbons (Fsp3) is 0.182. The van der Waals surface area contributed by atoms with Gasteiger partial charge in [0.05, 0.1) is 22.9 Å². The number of nitro groups is 1. The summed E-state index contributed by atoms with van der Waals surface area (Å²) >= 11 is 9.29. The largest absolute Gasteiger partial charge is 0.502 e. The number of phenolic OH excluding ortho intramolecular Hbond substituents is 1. The minimum absolute atomic E-state index is 0.00852. The number of halogens is 2. The van der Waals surface area contributed by atoms with Crippen molar-refractivity contribution in [2.24, 2.45) is 5.10 Å². The molecule has 0 spiro atoms. The predicted molar refractivity (Wildman–Crippen MR) is 148 cm³/mol. The number of phenols is 1. The molecule has 1 atom stereocenters. The van der Waals surface area contributed by atoms with Gasteiger partial charge in [0.1, 0.15) is 0 Å². The lowest BCUT2D eigenvalue weighted by atomic mass is 10.2. The lowest BCUT2D eigenvalue weighted by molar-refractivity contribution is -0.385. The number of nitrogens with one attached hydrogen (secondary N) is 2. The fourth-order valence-electron chi connectivity index (χ4n) is 2.91. The van der Waals surface area contributed by atoms with Crippen LogP contribution >= 0.6 is 46.0 Å². The summed E-state index contributed by atoms with van der Waals surface area (Å²) in [5, 5.41) is 36.6. The number of benzene rings is 2. The number of rotatable bonds is 11. The zero-order valence-corrected chi connectivity index (χ0v) is 22.6.